The number of aliphatic hydroxyl groups excluding tert-OH is 1. The molecule has 0 aliphatic carbocycles. The number of nitrogens with one attached hydrogen (secondary N) is 1. The van der Waals surface area contributed by atoms with E-state index in [1.54, 1.807) is 12.4 Å². The molecule has 0 radical (unpaired) electrons. The summed E-state index contributed by atoms with van der Waals surface area (Å²) in [6.45, 7) is 6.76. The minimum Gasteiger partial charge on any atom is -0.486 e. The third-order valence-electron chi connectivity index (χ3n) is 7.88. The fourth-order valence-corrected chi connectivity index (χ4v) is 6.66. The topological polar surface area (TPSA) is 102 Å². The monoisotopic (exact) mass is 499 g/mol. The molecule has 3 saturated heterocycles. The summed E-state index contributed by atoms with van der Waals surface area (Å²) in [5, 5.41) is 14.4. The molecule has 6 rings (SSSR count). The standard InChI is InChI=1S/C25H33N5O4S/c1-17-12-24(15-33-17)3-8-30(9-4-24)23-18(14-31)28-20(13-27-23)35-19-2-7-26-22-21(19)34-16-25(29-22)5-10-32-11-6-25/h2,7,13,17,31H,3-6,8-12,14-16H2,1H3,(H,26,29)/t17-/m0/s1. The molecular formula is C25H33N5O4S. The van der Waals surface area contributed by atoms with E-state index in [9.17, 15) is 5.11 Å². The molecule has 10 heteroatoms. The van der Waals surface area contributed by atoms with Crippen LogP contribution in [0.4, 0.5) is 11.6 Å². The Balaban J connectivity index is 1.17. The highest BCUT2D eigenvalue weighted by Gasteiger charge is 2.42. The zero-order valence-electron chi connectivity index (χ0n) is 20.2. The van der Waals surface area contributed by atoms with Crippen molar-refractivity contribution < 1.29 is 19.3 Å². The van der Waals surface area contributed by atoms with E-state index >= 15 is 0 Å². The van der Waals surface area contributed by atoms with Gasteiger partial charge in [-0.1, -0.05) is 11.8 Å². The van der Waals surface area contributed by atoms with Gasteiger partial charge in [0.15, 0.2) is 17.4 Å². The Bertz CT molecular complexity index is 1070. The minimum absolute atomic E-state index is 0.108. The van der Waals surface area contributed by atoms with Gasteiger partial charge in [0.2, 0.25) is 0 Å². The third-order valence-corrected chi connectivity index (χ3v) is 8.82. The van der Waals surface area contributed by atoms with E-state index < -0.39 is 0 Å². The van der Waals surface area contributed by atoms with Gasteiger partial charge in [-0.25, -0.2) is 15.0 Å². The number of fused-ring (bicyclic) bond motifs is 1. The van der Waals surface area contributed by atoms with Gasteiger partial charge in [0.05, 0.1) is 35.9 Å². The predicted octanol–water partition coefficient (Wildman–Crippen LogP) is 3.26. The number of anilines is 2. The van der Waals surface area contributed by atoms with Crippen LogP contribution < -0.4 is 15.0 Å². The number of ether oxygens (including phenoxy) is 3. The van der Waals surface area contributed by atoms with Gasteiger partial charge in [0.1, 0.15) is 17.3 Å². The number of rotatable bonds is 4. The summed E-state index contributed by atoms with van der Waals surface area (Å²) < 4.78 is 17.6. The van der Waals surface area contributed by atoms with Crippen LogP contribution in [0.3, 0.4) is 0 Å². The summed E-state index contributed by atoms with van der Waals surface area (Å²) in [7, 11) is 0. The lowest BCUT2D eigenvalue weighted by atomic mass is 9.77. The quantitative estimate of drug-likeness (QED) is 0.652. The molecule has 0 amide bonds. The molecule has 0 unspecified atom stereocenters. The molecule has 0 aromatic carbocycles. The molecule has 2 aromatic rings. The second kappa shape index (κ2) is 9.38. The average molecular weight is 500 g/mol. The molecule has 4 aliphatic rings. The Hall–Kier alpha value is -2.14. The lowest BCUT2D eigenvalue weighted by molar-refractivity contribution is 0.0378. The zero-order chi connectivity index (χ0) is 23.9. The average Bonchev–Trinajstić information content (AvgIpc) is 3.24. The highest BCUT2D eigenvalue weighted by atomic mass is 32.2. The summed E-state index contributed by atoms with van der Waals surface area (Å²) in [4.78, 5) is 17.2. The Morgan fingerprint density at radius 2 is 2.00 bits per heavy atom. The van der Waals surface area contributed by atoms with Crippen molar-refractivity contribution in [3.05, 3.63) is 24.2 Å². The van der Waals surface area contributed by atoms with Crippen molar-refractivity contribution in [2.45, 2.75) is 67.2 Å². The smallest absolute Gasteiger partial charge is 0.175 e. The van der Waals surface area contributed by atoms with Gasteiger partial charge < -0.3 is 29.5 Å². The van der Waals surface area contributed by atoms with Crippen molar-refractivity contribution >= 4 is 23.4 Å². The molecule has 0 saturated carbocycles. The van der Waals surface area contributed by atoms with Gasteiger partial charge >= 0.3 is 0 Å². The molecule has 35 heavy (non-hydrogen) atoms. The molecule has 9 nitrogen and oxygen atoms in total. The van der Waals surface area contributed by atoms with Crippen LogP contribution in [0.5, 0.6) is 5.75 Å². The van der Waals surface area contributed by atoms with Crippen LogP contribution in [0.2, 0.25) is 0 Å². The Kier molecular flexibility index (Phi) is 6.24. The van der Waals surface area contributed by atoms with Gasteiger partial charge in [0.25, 0.3) is 0 Å². The van der Waals surface area contributed by atoms with Gasteiger partial charge in [0, 0.05) is 32.5 Å². The Morgan fingerprint density at radius 1 is 1.17 bits per heavy atom. The molecule has 6 heterocycles. The highest BCUT2D eigenvalue weighted by molar-refractivity contribution is 7.99. The summed E-state index contributed by atoms with van der Waals surface area (Å²) in [6.07, 6.45) is 9.06. The molecule has 2 aromatic heterocycles. The van der Waals surface area contributed by atoms with Crippen LogP contribution in [0.25, 0.3) is 0 Å². The summed E-state index contributed by atoms with van der Waals surface area (Å²) >= 11 is 1.49. The molecule has 2 spiro atoms. The molecule has 1 atom stereocenters. The molecule has 0 bridgehead atoms. The number of nitrogens with zero attached hydrogens (tertiary/aromatic N) is 4. The van der Waals surface area contributed by atoms with E-state index in [0.717, 1.165) is 92.3 Å². The van der Waals surface area contributed by atoms with Gasteiger partial charge in [-0.2, -0.15) is 0 Å². The second-order valence-corrected chi connectivity index (χ2v) is 11.4. The van der Waals surface area contributed by atoms with Crippen LogP contribution in [0.1, 0.15) is 44.7 Å². The fraction of sp³-hybridized carbons (Fsp3) is 0.640. The molecule has 4 aliphatic heterocycles. The summed E-state index contributed by atoms with van der Waals surface area (Å²) in [6, 6.07) is 1.94. The van der Waals surface area contributed by atoms with Crippen molar-refractivity contribution in [3.63, 3.8) is 0 Å². The number of piperidine rings is 1. The molecule has 188 valence electrons. The Labute approximate surface area is 210 Å². The number of hydrogen-bond acceptors (Lipinski definition) is 10. The molecular weight excluding hydrogens is 466 g/mol. The lowest BCUT2D eigenvalue weighted by Crippen LogP contribution is -2.51. The number of aliphatic hydroxyl groups is 1. The van der Waals surface area contributed by atoms with Crippen LogP contribution in [0.15, 0.2) is 28.4 Å². The first-order valence-electron chi connectivity index (χ1n) is 12.6. The maximum atomic E-state index is 10.1. The van der Waals surface area contributed by atoms with Crippen LogP contribution in [-0.4, -0.2) is 71.2 Å². The first-order valence-corrected chi connectivity index (χ1v) is 13.4. The fourth-order valence-electron chi connectivity index (χ4n) is 5.79. The van der Waals surface area contributed by atoms with E-state index in [-0.39, 0.29) is 12.1 Å². The first-order chi connectivity index (χ1) is 17.1. The summed E-state index contributed by atoms with van der Waals surface area (Å²) in [5.74, 6) is 2.30. The summed E-state index contributed by atoms with van der Waals surface area (Å²) in [5.41, 5.74) is 0.809. The van der Waals surface area contributed by atoms with E-state index in [2.05, 4.69) is 22.1 Å². The van der Waals surface area contributed by atoms with Gasteiger partial charge in [-0.3, -0.25) is 0 Å². The molecule has 2 N–H and O–H groups in total. The van der Waals surface area contributed by atoms with Crippen molar-refractivity contribution in [1.82, 2.24) is 15.0 Å². The van der Waals surface area contributed by atoms with E-state index in [1.807, 2.05) is 6.07 Å². The van der Waals surface area contributed by atoms with Crippen molar-refractivity contribution in [1.29, 1.82) is 0 Å². The highest BCUT2D eigenvalue weighted by Crippen LogP contribution is 2.44. The van der Waals surface area contributed by atoms with Crippen LogP contribution in [0, 0.1) is 5.41 Å². The normalized spacial score (nSPS) is 24.7. The van der Waals surface area contributed by atoms with E-state index in [1.165, 1.54) is 11.8 Å². The van der Waals surface area contributed by atoms with Crippen molar-refractivity contribution in [2.24, 2.45) is 5.41 Å². The SMILES string of the molecule is C[C@H]1CC2(CCN(c3ncc(Sc4ccnc5c4OCC4(CCOCC4)N5)nc3CO)CC2)CO1. The molecule has 3 fully saturated rings. The minimum atomic E-state index is -0.143. The van der Waals surface area contributed by atoms with Gasteiger partial charge in [-0.05, 0) is 50.5 Å². The second-order valence-electron chi connectivity index (χ2n) is 10.3. The largest absolute Gasteiger partial charge is 0.486 e. The van der Waals surface area contributed by atoms with Gasteiger partial charge in [-0.15, -0.1) is 0 Å². The van der Waals surface area contributed by atoms with Crippen molar-refractivity contribution in [2.75, 3.05) is 49.7 Å². The maximum absolute atomic E-state index is 10.1. The number of hydrogen-bond donors (Lipinski definition) is 2. The Morgan fingerprint density at radius 3 is 2.74 bits per heavy atom. The maximum Gasteiger partial charge on any atom is 0.175 e. The van der Waals surface area contributed by atoms with E-state index in [0.29, 0.717) is 23.8 Å². The van der Waals surface area contributed by atoms with Crippen molar-refractivity contribution in [3.8, 4) is 5.75 Å². The number of pyridine rings is 1. The van der Waals surface area contributed by atoms with Crippen LogP contribution in [-0.2, 0) is 16.1 Å². The number of aromatic nitrogens is 3. The lowest BCUT2D eigenvalue weighted by Gasteiger charge is -2.41. The van der Waals surface area contributed by atoms with Crippen LogP contribution >= 0.6 is 11.8 Å². The predicted molar refractivity (Wildman–Crippen MR) is 132 cm³/mol. The zero-order valence-corrected chi connectivity index (χ0v) is 21.0. The van der Waals surface area contributed by atoms with E-state index in [4.69, 9.17) is 24.2 Å². The first kappa shape index (κ1) is 23.3. The third kappa shape index (κ3) is 4.57.